The molecule has 154 valence electrons. The maximum atomic E-state index is 13.0. The maximum absolute atomic E-state index is 13.0. The molecule has 2 aromatic carbocycles. The van der Waals surface area contributed by atoms with E-state index in [2.05, 4.69) is 11.9 Å². The fourth-order valence-electron chi connectivity index (χ4n) is 3.66. The molecule has 0 aliphatic heterocycles. The van der Waals surface area contributed by atoms with Crippen LogP contribution in [0.15, 0.2) is 75.7 Å². The summed E-state index contributed by atoms with van der Waals surface area (Å²) in [6, 6.07) is 19.7. The molecule has 1 atom stereocenters. The van der Waals surface area contributed by atoms with E-state index in [1.54, 1.807) is 6.20 Å². The van der Waals surface area contributed by atoms with Gasteiger partial charge in [0.15, 0.2) is 11.7 Å². The van der Waals surface area contributed by atoms with E-state index in [9.17, 15) is 4.79 Å². The molecule has 0 bridgehead atoms. The SMILES string of the molecule is CCCN(C(=O)CCc1ncc(-c2ccccc2)o1)C(C)c1cc2ccccc2o1. The number of hydrogen-bond donors (Lipinski definition) is 0. The molecule has 0 saturated heterocycles. The van der Waals surface area contributed by atoms with Crippen molar-refractivity contribution in [2.75, 3.05) is 6.54 Å². The summed E-state index contributed by atoms with van der Waals surface area (Å²) in [5, 5.41) is 1.05. The van der Waals surface area contributed by atoms with Crippen LogP contribution in [0.25, 0.3) is 22.3 Å². The molecular formula is C25H26N2O3. The molecule has 30 heavy (non-hydrogen) atoms. The predicted molar refractivity (Wildman–Crippen MR) is 117 cm³/mol. The van der Waals surface area contributed by atoms with E-state index in [4.69, 9.17) is 8.83 Å². The summed E-state index contributed by atoms with van der Waals surface area (Å²) < 4.78 is 11.8. The van der Waals surface area contributed by atoms with Crippen LogP contribution < -0.4 is 0 Å². The summed E-state index contributed by atoms with van der Waals surface area (Å²) in [5.74, 6) is 2.18. The molecule has 1 amide bonds. The molecule has 2 aromatic heterocycles. The zero-order valence-electron chi connectivity index (χ0n) is 17.4. The van der Waals surface area contributed by atoms with Gasteiger partial charge in [0.05, 0.1) is 12.2 Å². The number of amides is 1. The summed E-state index contributed by atoms with van der Waals surface area (Å²) in [4.78, 5) is 19.3. The molecule has 2 heterocycles. The van der Waals surface area contributed by atoms with Crippen molar-refractivity contribution in [3.05, 3.63) is 78.5 Å². The number of oxazole rings is 1. The first kappa shape index (κ1) is 20.0. The Bertz CT molecular complexity index is 1080. The van der Waals surface area contributed by atoms with E-state index in [1.165, 1.54) is 0 Å². The van der Waals surface area contributed by atoms with Gasteiger partial charge in [-0.3, -0.25) is 4.79 Å². The van der Waals surface area contributed by atoms with Gasteiger partial charge in [-0.1, -0.05) is 55.5 Å². The normalized spacial score (nSPS) is 12.2. The van der Waals surface area contributed by atoms with Gasteiger partial charge >= 0.3 is 0 Å². The Balaban J connectivity index is 1.44. The molecule has 0 saturated carbocycles. The van der Waals surface area contributed by atoms with Crippen molar-refractivity contribution in [2.24, 2.45) is 0 Å². The standard InChI is InChI=1S/C25H26N2O3/c1-3-15-27(18(2)22-16-20-11-7-8-12-21(20)29-22)25(28)14-13-24-26-17-23(30-24)19-9-5-4-6-10-19/h4-12,16-18H,3,13-15H2,1-2H3. The number of carbonyl (C=O) groups is 1. The van der Waals surface area contributed by atoms with Gasteiger partial charge in [0.2, 0.25) is 5.91 Å². The number of fused-ring (bicyclic) bond motifs is 1. The minimum atomic E-state index is -0.130. The Labute approximate surface area is 176 Å². The summed E-state index contributed by atoms with van der Waals surface area (Å²) in [6.07, 6.45) is 3.42. The van der Waals surface area contributed by atoms with E-state index in [-0.39, 0.29) is 11.9 Å². The van der Waals surface area contributed by atoms with Crippen LogP contribution in [0, 0.1) is 0 Å². The van der Waals surface area contributed by atoms with E-state index in [0.29, 0.717) is 25.3 Å². The zero-order valence-corrected chi connectivity index (χ0v) is 17.4. The number of furan rings is 1. The topological polar surface area (TPSA) is 59.5 Å². The minimum Gasteiger partial charge on any atom is -0.459 e. The highest BCUT2D eigenvalue weighted by Crippen LogP contribution is 2.28. The van der Waals surface area contributed by atoms with E-state index >= 15 is 0 Å². The average molecular weight is 402 g/mol. The predicted octanol–water partition coefficient (Wildman–Crippen LogP) is 6.02. The lowest BCUT2D eigenvalue weighted by atomic mass is 10.1. The van der Waals surface area contributed by atoms with Gasteiger partial charge in [0.1, 0.15) is 11.3 Å². The van der Waals surface area contributed by atoms with Crippen molar-refractivity contribution in [1.29, 1.82) is 0 Å². The van der Waals surface area contributed by atoms with Crippen LogP contribution in [0.3, 0.4) is 0 Å². The smallest absolute Gasteiger partial charge is 0.223 e. The summed E-state index contributed by atoms with van der Waals surface area (Å²) in [7, 11) is 0. The van der Waals surface area contributed by atoms with Crippen LogP contribution in [0.4, 0.5) is 0 Å². The fraction of sp³-hybridized carbons (Fsp3) is 0.280. The third-order valence-electron chi connectivity index (χ3n) is 5.27. The molecule has 0 fully saturated rings. The lowest BCUT2D eigenvalue weighted by Gasteiger charge is -2.27. The molecule has 1 unspecified atom stereocenters. The number of carbonyl (C=O) groups excluding carboxylic acids is 1. The number of para-hydroxylation sites is 1. The van der Waals surface area contributed by atoms with Crippen molar-refractivity contribution in [1.82, 2.24) is 9.88 Å². The largest absolute Gasteiger partial charge is 0.459 e. The highest BCUT2D eigenvalue weighted by Gasteiger charge is 2.24. The monoisotopic (exact) mass is 402 g/mol. The number of nitrogens with zero attached hydrogens (tertiary/aromatic N) is 2. The van der Waals surface area contributed by atoms with Crippen LogP contribution in [0.5, 0.6) is 0 Å². The zero-order chi connectivity index (χ0) is 20.9. The second kappa shape index (κ2) is 8.99. The van der Waals surface area contributed by atoms with Gasteiger partial charge in [-0.15, -0.1) is 0 Å². The van der Waals surface area contributed by atoms with E-state index in [1.807, 2.05) is 72.5 Å². The van der Waals surface area contributed by atoms with Gasteiger partial charge in [0.25, 0.3) is 0 Å². The number of benzene rings is 2. The van der Waals surface area contributed by atoms with Gasteiger partial charge in [-0.25, -0.2) is 4.98 Å². The summed E-state index contributed by atoms with van der Waals surface area (Å²) in [5.41, 5.74) is 1.82. The van der Waals surface area contributed by atoms with Crippen molar-refractivity contribution < 1.29 is 13.6 Å². The van der Waals surface area contributed by atoms with Gasteiger partial charge < -0.3 is 13.7 Å². The van der Waals surface area contributed by atoms with Crippen LogP contribution >= 0.6 is 0 Å². The lowest BCUT2D eigenvalue weighted by molar-refractivity contribution is -0.133. The first-order valence-corrected chi connectivity index (χ1v) is 10.4. The van der Waals surface area contributed by atoms with E-state index < -0.39 is 0 Å². The van der Waals surface area contributed by atoms with Gasteiger partial charge in [-0.2, -0.15) is 0 Å². The number of rotatable bonds is 8. The Morgan fingerprint density at radius 1 is 1.07 bits per heavy atom. The van der Waals surface area contributed by atoms with Crippen LogP contribution in [-0.4, -0.2) is 22.3 Å². The molecule has 0 spiro atoms. The second-order valence-electron chi connectivity index (χ2n) is 7.43. The first-order valence-electron chi connectivity index (χ1n) is 10.4. The molecule has 0 radical (unpaired) electrons. The van der Waals surface area contributed by atoms with E-state index in [0.717, 1.165) is 34.5 Å². The Kier molecular flexibility index (Phi) is 5.98. The van der Waals surface area contributed by atoms with Crippen molar-refractivity contribution in [2.45, 2.75) is 39.2 Å². The fourth-order valence-corrected chi connectivity index (χ4v) is 3.66. The second-order valence-corrected chi connectivity index (χ2v) is 7.43. The molecule has 4 rings (SSSR count). The van der Waals surface area contributed by atoms with Gasteiger partial charge in [-0.05, 0) is 25.5 Å². The third kappa shape index (κ3) is 4.30. The molecule has 0 aliphatic rings. The first-order chi connectivity index (χ1) is 14.7. The van der Waals surface area contributed by atoms with Crippen molar-refractivity contribution in [3.8, 4) is 11.3 Å². The molecule has 0 aliphatic carbocycles. The number of aromatic nitrogens is 1. The van der Waals surface area contributed by atoms with Crippen LogP contribution in [0.1, 0.15) is 44.4 Å². The van der Waals surface area contributed by atoms with Crippen LogP contribution in [-0.2, 0) is 11.2 Å². The molecule has 0 N–H and O–H groups in total. The summed E-state index contributed by atoms with van der Waals surface area (Å²) >= 11 is 0. The Morgan fingerprint density at radius 2 is 1.83 bits per heavy atom. The highest BCUT2D eigenvalue weighted by atomic mass is 16.4. The third-order valence-corrected chi connectivity index (χ3v) is 5.27. The Hall–Kier alpha value is -3.34. The number of aryl methyl sites for hydroxylation is 1. The van der Waals surface area contributed by atoms with Gasteiger partial charge in [0, 0.05) is 30.3 Å². The summed E-state index contributed by atoms with van der Waals surface area (Å²) in [6.45, 7) is 4.77. The van der Waals surface area contributed by atoms with Crippen LogP contribution in [0.2, 0.25) is 0 Å². The Morgan fingerprint density at radius 3 is 2.60 bits per heavy atom. The minimum absolute atomic E-state index is 0.0734. The quantitative estimate of drug-likeness (QED) is 0.361. The molecule has 5 nitrogen and oxygen atoms in total. The van der Waals surface area contributed by atoms with Crippen molar-refractivity contribution >= 4 is 16.9 Å². The lowest BCUT2D eigenvalue weighted by Crippen LogP contribution is -2.34. The highest BCUT2D eigenvalue weighted by molar-refractivity contribution is 5.79. The molecule has 5 heteroatoms. The molecular weight excluding hydrogens is 376 g/mol. The molecule has 4 aromatic rings. The number of hydrogen-bond acceptors (Lipinski definition) is 4. The average Bonchev–Trinajstić information content (AvgIpc) is 3.43. The maximum Gasteiger partial charge on any atom is 0.223 e. The van der Waals surface area contributed by atoms with Crippen molar-refractivity contribution in [3.63, 3.8) is 0 Å².